The number of aryl methyl sites for hydroxylation is 1. The van der Waals surface area contributed by atoms with Crippen molar-refractivity contribution in [2.24, 2.45) is 0 Å². The number of aromatic nitrogens is 1. The zero-order valence-electron chi connectivity index (χ0n) is 13.2. The summed E-state index contributed by atoms with van der Waals surface area (Å²) in [5, 5.41) is 6.46. The summed E-state index contributed by atoms with van der Waals surface area (Å²) >= 11 is 0. The lowest BCUT2D eigenvalue weighted by Crippen LogP contribution is -2.35. The van der Waals surface area contributed by atoms with Crippen LogP contribution in [0.15, 0.2) is 12.3 Å². The predicted octanol–water partition coefficient (Wildman–Crippen LogP) is 3.66. The molecule has 4 heteroatoms. The van der Waals surface area contributed by atoms with Crippen molar-refractivity contribution in [2.75, 3.05) is 11.9 Å². The topological polar surface area (TPSA) is 54.0 Å². The van der Waals surface area contributed by atoms with Crippen molar-refractivity contribution in [1.82, 2.24) is 10.3 Å². The van der Waals surface area contributed by atoms with Crippen molar-refractivity contribution in [3.05, 3.63) is 23.5 Å². The van der Waals surface area contributed by atoms with Gasteiger partial charge in [0.15, 0.2) is 0 Å². The molecule has 1 amide bonds. The van der Waals surface area contributed by atoms with Gasteiger partial charge >= 0.3 is 0 Å². The molecule has 0 aliphatic heterocycles. The van der Waals surface area contributed by atoms with Gasteiger partial charge in [0.2, 0.25) is 0 Å². The van der Waals surface area contributed by atoms with E-state index in [0.717, 1.165) is 30.8 Å². The molecule has 0 radical (unpaired) electrons. The molecule has 0 atom stereocenters. The first-order chi connectivity index (χ1) is 10.2. The summed E-state index contributed by atoms with van der Waals surface area (Å²) in [6.45, 7) is 4.77. The van der Waals surface area contributed by atoms with Gasteiger partial charge in [-0.25, -0.2) is 0 Å². The Morgan fingerprint density at radius 3 is 2.57 bits per heavy atom. The number of anilines is 1. The maximum atomic E-state index is 12.5. The highest BCUT2D eigenvalue weighted by atomic mass is 16.1. The Morgan fingerprint density at radius 1 is 1.24 bits per heavy atom. The van der Waals surface area contributed by atoms with Crippen molar-refractivity contribution < 1.29 is 4.79 Å². The smallest absolute Gasteiger partial charge is 0.255 e. The molecule has 1 heterocycles. The summed E-state index contributed by atoms with van der Waals surface area (Å²) in [7, 11) is 0. The molecule has 0 bridgehead atoms. The summed E-state index contributed by atoms with van der Waals surface area (Å²) in [5.41, 5.74) is 2.46. The van der Waals surface area contributed by atoms with Crippen molar-refractivity contribution in [3.63, 3.8) is 0 Å². The minimum atomic E-state index is 0.00373. The molecule has 1 aromatic heterocycles. The van der Waals surface area contributed by atoms with Crippen LogP contribution in [0.25, 0.3) is 0 Å². The van der Waals surface area contributed by atoms with Crippen LogP contribution >= 0.6 is 0 Å². The zero-order chi connectivity index (χ0) is 15.1. The van der Waals surface area contributed by atoms with E-state index in [2.05, 4.69) is 15.6 Å². The van der Waals surface area contributed by atoms with Crippen LogP contribution in [0.3, 0.4) is 0 Å². The van der Waals surface area contributed by atoms with E-state index in [1.165, 1.54) is 32.1 Å². The molecular formula is C17H27N3O. The first kappa shape index (κ1) is 15.8. The number of amides is 1. The van der Waals surface area contributed by atoms with E-state index in [1.807, 2.05) is 19.9 Å². The predicted molar refractivity (Wildman–Crippen MR) is 86.7 cm³/mol. The lowest BCUT2D eigenvalue weighted by molar-refractivity contribution is 0.0931. The van der Waals surface area contributed by atoms with Gasteiger partial charge in [0.05, 0.1) is 11.3 Å². The van der Waals surface area contributed by atoms with Crippen LogP contribution in [0.2, 0.25) is 0 Å². The van der Waals surface area contributed by atoms with Gasteiger partial charge in [-0.15, -0.1) is 0 Å². The standard InChI is InChI=1S/C17H27N3O/c1-3-18-16-11-13(2)19-12-15(16)17(21)20-14-9-7-5-4-6-8-10-14/h11-12,14H,3-10H2,1-2H3,(H,18,19)(H,20,21). The molecule has 21 heavy (non-hydrogen) atoms. The van der Waals surface area contributed by atoms with Gasteiger partial charge in [-0.05, 0) is 32.8 Å². The van der Waals surface area contributed by atoms with Gasteiger partial charge in [0.25, 0.3) is 5.91 Å². The maximum Gasteiger partial charge on any atom is 0.255 e. The lowest BCUT2D eigenvalue weighted by Gasteiger charge is -2.21. The molecule has 1 fully saturated rings. The number of carbonyl (C=O) groups excluding carboxylic acids is 1. The molecule has 1 aliphatic carbocycles. The van der Waals surface area contributed by atoms with Crippen LogP contribution in [0.5, 0.6) is 0 Å². The normalized spacial score (nSPS) is 16.9. The Kier molecular flexibility index (Phi) is 6.03. The number of nitrogens with one attached hydrogen (secondary N) is 2. The summed E-state index contributed by atoms with van der Waals surface area (Å²) < 4.78 is 0. The van der Waals surface area contributed by atoms with E-state index in [9.17, 15) is 4.79 Å². The fraction of sp³-hybridized carbons (Fsp3) is 0.647. The zero-order valence-corrected chi connectivity index (χ0v) is 13.2. The SMILES string of the molecule is CCNc1cc(C)ncc1C(=O)NC1CCCCCCC1. The quantitative estimate of drug-likeness (QED) is 0.889. The van der Waals surface area contributed by atoms with Gasteiger partial charge in [0, 0.05) is 24.5 Å². The average molecular weight is 289 g/mol. The third kappa shape index (κ3) is 4.73. The van der Waals surface area contributed by atoms with E-state index in [0.29, 0.717) is 11.6 Å². The van der Waals surface area contributed by atoms with E-state index >= 15 is 0 Å². The largest absolute Gasteiger partial charge is 0.385 e. The Morgan fingerprint density at radius 2 is 1.90 bits per heavy atom. The third-order valence-electron chi connectivity index (χ3n) is 4.09. The molecule has 0 spiro atoms. The van der Waals surface area contributed by atoms with Gasteiger partial charge < -0.3 is 10.6 Å². The molecule has 4 nitrogen and oxygen atoms in total. The van der Waals surface area contributed by atoms with Crippen LogP contribution in [-0.4, -0.2) is 23.5 Å². The van der Waals surface area contributed by atoms with Crippen molar-refractivity contribution in [3.8, 4) is 0 Å². The summed E-state index contributed by atoms with van der Waals surface area (Å²) in [5.74, 6) is 0.00373. The summed E-state index contributed by atoms with van der Waals surface area (Å²) in [6, 6.07) is 2.25. The molecule has 116 valence electrons. The molecule has 0 unspecified atom stereocenters. The van der Waals surface area contributed by atoms with E-state index in [1.54, 1.807) is 6.20 Å². The second-order valence-corrected chi connectivity index (χ2v) is 5.92. The van der Waals surface area contributed by atoms with Crippen LogP contribution in [-0.2, 0) is 0 Å². The molecule has 2 N–H and O–H groups in total. The van der Waals surface area contributed by atoms with Crippen LogP contribution in [0, 0.1) is 6.92 Å². The second-order valence-electron chi connectivity index (χ2n) is 5.92. The first-order valence-corrected chi connectivity index (χ1v) is 8.22. The Hall–Kier alpha value is -1.58. The van der Waals surface area contributed by atoms with Crippen molar-refractivity contribution in [1.29, 1.82) is 0 Å². The molecular weight excluding hydrogens is 262 g/mol. The van der Waals surface area contributed by atoms with Crippen molar-refractivity contribution in [2.45, 2.75) is 64.8 Å². The van der Waals surface area contributed by atoms with Gasteiger partial charge in [-0.2, -0.15) is 0 Å². The lowest BCUT2D eigenvalue weighted by atomic mass is 9.96. The highest BCUT2D eigenvalue weighted by molar-refractivity contribution is 5.99. The Balaban J connectivity index is 2.04. The highest BCUT2D eigenvalue weighted by Gasteiger charge is 2.17. The molecule has 0 aromatic carbocycles. The molecule has 0 saturated heterocycles. The molecule has 1 saturated carbocycles. The van der Waals surface area contributed by atoms with Crippen LogP contribution < -0.4 is 10.6 Å². The number of rotatable bonds is 4. The molecule has 1 aromatic rings. The Bertz CT molecular complexity index is 465. The number of hydrogen-bond acceptors (Lipinski definition) is 3. The van der Waals surface area contributed by atoms with Crippen molar-refractivity contribution >= 4 is 11.6 Å². The fourth-order valence-electron chi connectivity index (χ4n) is 2.94. The number of nitrogens with zero attached hydrogens (tertiary/aromatic N) is 1. The fourth-order valence-corrected chi connectivity index (χ4v) is 2.94. The van der Waals surface area contributed by atoms with E-state index in [-0.39, 0.29) is 5.91 Å². The van der Waals surface area contributed by atoms with E-state index in [4.69, 9.17) is 0 Å². The minimum Gasteiger partial charge on any atom is -0.385 e. The number of carbonyl (C=O) groups is 1. The third-order valence-corrected chi connectivity index (χ3v) is 4.09. The Labute approximate surface area is 127 Å². The maximum absolute atomic E-state index is 12.5. The minimum absolute atomic E-state index is 0.00373. The second kappa shape index (κ2) is 8.01. The highest BCUT2D eigenvalue weighted by Crippen LogP contribution is 2.19. The number of pyridine rings is 1. The van der Waals surface area contributed by atoms with Crippen LogP contribution in [0.4, 0.5) is 5.69 Å². The average Bonchev–Trinajstić information content (AvgIpc) is 2.42. The molecule has 2 rings (SSSR count). The van der Waals surface area contributed by atoms with Gasteiger partial charge in [0.1, 0.15) is 0 Å². The summed E-state index contributed by atoms with van der Waals surface area (Å²) in [4.78, 5) is 16.8. The van der Waals surface area contributed by atoms with Gasteiger partial charge in [-0.1, -0.05) is 32.1 Å². The van der Waals surface area contributed by atoms with Crippen LogP contribution in [0.1, 0.15) is 67.9 Å². The molecule has 1 aliphatic rings. The first-order valence-electron chi connectivity index (χ1n) is 8.22. The summed E-state index contributed by atoms with van der Waals surface area (Å²) in [6.07, 6.45) is 10.2. The number of hydrogen-bond donors (Lipinski definition) is 2. The van der Waals surface area contributed by atoms with E-state index < -0.39 is 0 Å². The van der Waals surface area contributed by atoms with Gasteiger partial charge in [-0.3, -0.25) is 9.78 Å². The monoisotopic (exact) mass is 289 g/mol.